The van der Waals surface area contributed by atoms with Crippen LogP contribution < -0.4 is 11.2 Å². The predicted octanol–water partition coefficient (Wildman–Crippen LogP) is 0.140. The summed E-state index contributed by atoms with van der Waals surface area (Å²) in [4.78, 5) is 24.7. The van der Waals surface area contributed by atoms with Gasteiger partial charge in [0, 0.05) is 24.1 Å². The summed E-state index contributed by atoms with van der Waals surface area (Å²) in [5.74, 6) is -2.16. The molecule has 100 valence electrons. The van der Waals surface area contributed by atoms with Gasteiger partial charge in [-0.2, -0.15) is 0 Å². The third-order valence-corrected chi connectivity index (χ3v) is 3.05. The van der Waals surface area contributed by atoms with Gasteiger partial charge in [-0.15, -0.1) is 0 Å². The van der Waals surface area contributed by atoms with E-state index in [9.17, 15) is 14.0 Å². The van der Waals surface area contributed by atoms with Gasteiger partial charge in [-0.1, -0.05) is 13.8 Å². The molecule has 1 aromatic rings. The molecule has 2 N–H and O–H groups in total. The van der Waals surface area contributed by atoms with Crippen molar-refractivity contribution in [1.29, 1.82) is 0 Å². The van der Waals surface area contributed by atoms with E-state index in [0.29, 0.717) is 0 Å². The highest BCUT2D eigenvalue weighted by Gasteiger charge is 2.52. The molecule has 0 unspecified atom stereocenters. The molecule has 2 atom stereocenters. The Balaban J connectivity index is 2.45. The van der Waals surface area contributed by atoms with Crippen molar-refractivity contribution in [2.45, 2.75) is 32.4 Å². The Bertz CT molecular complexity index is 565. The summed E-state index contributed by atoms with van der Waals surface area (Å²) in [6.07, 6.45) is 0.350. The van der Waals surface area contributed by atoms with Crippen molar-refractivity contribution in [3.8, 4) is 0 Å². The van der Waals surface area contributed by atoms with Crippen molar-refractivity contribution < 1.29 is 14.2 Å². The first-order valence-corrected chi connectivity index (χ1v) is 5.56. The van der Waals surface area contributed by atoms with E-state index >= 15 is 0 Å². The highest BCUT2D eigenvalue weighted by molar-refractivity contribution is 4.95. The van der Waals surface area contributed by atoms with Gasteiger partial charge < -0.3 is 9.84 Å². The molecule has 0 amide bonds. The van der Waals surface area contributed by atoms with E-state index < -0.39 is 35.4 Å². The monoisotopic (exact) mass is 258 g/mol. The van der Waals surface area contributed by atoms with Crippen molar-refractivity contribution in [2.75, 3.05) is 6.61 Å². The van der Waals surface area contributed by atoms with E-state index in [4.69, 9.17) is 9.84 Å². The van der Waals surface area contributed by atoms with Crippen LogP contribution in [-0.4, -0.2) is 27.1 Å². The highest BCUT2D eigenvalue weighted by atomic mass is 19.2. The SMILES string of the molecule is CC1(C)C[C@@](F)(CO)O[C@H]1n1ccc(=O)[nH]c1=O. The van der Waals surface area contributed by atoms with E-state index in [1.807, 2.05) is 0 Å². The molecule has 18 heavy (non-hydrogen) atoms. The second-order valence-corrected chi connectivity index (χ2v) is 5.19. The van der Waals surface area contributed by atoms with Gasteiger partial charge in [-0.25, -0.2) is 9.18 Å². The Morgan fingerprint density at radius 1 is 1.61 bits per heavy atom. The second-order valence-electron chi connectivity index (χ2n) is 5.19. The molecule has 0 aromatic carbocycles. The lowest BCUT2D eigenvalue weighted by Gasteiger charge is -2.25. The van der Waals surface area contributed by atoms with E-state index in [1.54, 1.807) is 13.8 Å². The third kappa shape index (κ3) is 2.11. The number of aromatic amines is 1. The lowest BCUT2D eigenvalue weighted by atomic mass is 9.87. The van der Waals surface area contributed by atoms with Crippen LogP contribution >= 0.6 is 0 Å². The molecule has 1 aliphatic heterocycles. The Hall–Kier alpha value is -1.47. The molecule has 7 heteroatoms. The van der Waals surface area contributed by atoms with Crippen molar-refractivity contribution in [2.24, 2.45) is 5.41 Å². The summed E-state index contributed by atoms with van der Waals surface area (Å²) in [6.45, 7) is 2.68. The van der Waals surface area contributed by atoms with Crippen molar-refractivity contribution >= 4 is 0 Å². The van der Waals surface area contributed by atoms with Crippen LogP contribution in [0.5, 0.6) is 0 Å². The van der Waals surface area contributed by atoms with Gasteiger partial charge in [0.15, 0.2) is 0 Å². The first kappa shape index (κ1) is 13.0. The van der Waals surface area contributed by atoms with Crippen LogP contribution in [0.4, 0.5) is 4.39 Å². The van der Waals surface area contributed by atoms with E-state index in [-0.39, 0.29) is 6.42 Å². The Morgan fingerprint density at radius 2 is 2.28 bits per heavy atom. The molecule has 1 aliphatic rings. The number of hydrogen-bond acceptors (Lipinski definition) is 4. The fraction of sp³-hybridized carbons (Fsp3) is 0.636. The minimum Gasteiger partial charge on any atom is -0.390 e. The maximum atomic E-state index is 14.0. The highest BCUT2D eigenvalue weighted by Crippen LogP contribution is 2.49. The van der Waals surface area contributed by atoms with Crippen molar-refractivity contribution in [3.63, 3.8) is 0 Å². The van der Waals surface area contributed by atoms with Gasteiger partial charge in [0.05, 0.1) is 0 Å². The standard InChI is InChI=1S/C11H15FN2O4/c1-10(2)5-11(12,6-15)18-8(10)14-4-3-7(16)13-9(14)17/h3-4,8,15H,5-6H2,1-2H3,(H,13,16,17)/t8-,11+/m1/s1. The van der Waals surface area contributed by atoms with Crippen LogP contribution in [0.1, 0.15) is 26.5 Å². The first-order valence-electron chi connectivity index (χ1n) is 5.56. The zero-order chi connectivity index (χ0) is 13.6. The number of halogens is 1. The van der Waals surface area contributed by atoms with E-state index in [1.165, 1.54) is 6.20 Å². The minimum atomic E-state index is -2.16. The third-order valence-electron chi connectivity index (χ3n) is 3.05. The number of nitrogens with zero attached hydrogens (tertiary/aromatic N) is 1. The van der Waals surface area contributed by atoms with Gasteiger partial charge in [0.25, 0.3) is 5.56 Å². The number of nitrogens with one attached hydrogen (secondary N) is 1. The molecule has 1 fully saturated rings. The second kappa shape index (κ2) is 4.03. The van der Waals surface area contributed by atoms with Crippen LogP contribution in [0, 0.1) is 5.41 Å². The molecule has 6 nitrogen and oxygen atoms in total. The fourth-order valence-electron chi connectivity index (χ4n) is 2.31. The lowest BCUT2D eigenvalue weighted by molar-refractivity contribution is -0.181. The largest absolute Gasteiger partial charge is 0.390 e. The number of rotatable bonds is 2. The van der Waals surface area contributed by atoms with Crippen LogP contribution in [0.3, 0.4) is 0 Å². The summed E-state index contributed by atoms with van der Waals surface area (Å²) in [5.41, 5.74) is -1.87. The number of ether oxygens (including phenoxy) is 1. The molecule has 0 aliphatic carbocycles. The maximum absolute atomic E-state index is 14.0. The van der Waals surface area contributed by atoms with Gasteiger partial charge in [0.2, 0.25) is 5.85 Å². The molecule has 2 rings (SSSR count). The zero-order valence-electron chi connectivity index (χ0n) is 10.1. The van der Waals surface area contributed by atoms with E-state index in [0.717, 1.165) is 10.6 Å². The average molecular weight is 258 g/mol. The van der Waals surface area contributed by atoms with Gasteiger partial charge >= 0.3 is 5.69 Å². The quantitative estimate of drug-likeness (QED) is 0.790. The topological polar surface area (TPSA) is 84.3 Å². The molecule has 0 saturated carbocycles. The number of aromatic nitrogens is 2. The van der Waals surface area contributed by atoms with Crippen molar-refractivity contribution in [3.05, 3.63) is 33.1 Å². The average Bonchev–Trinajstić information content (AvgIpc) is 2.50. The van der Waals surface area contributed by atoms with Gasteiger partial charge in [-0.05, 0) is 0 Å². The molecule has 0 bridgehead atoms. The zero-order valence-corrected chi connectivity index (χ0v) is 10.1. The van der Waals surface area contributed by atoms with E-state index in [2.05, 4.69) is 4.98 Å². The molecule has 0 spiro atoms. The number of alkyl halides is 1. The van der Waals surface area contributed by atoms with Crippen LogP contribution in [0.2, 0.25) is 0 Å². The molecular weight excluding hydrogens is 243 g/mol. The van der Waals surface area contributed by atoms with Crippen LogP contribution in [-0.2, 0) is 4.74 Å². The summed E-state index contributed by atoms with van der Waals surface area (Å²) >= 11 is 0. The first-order chi connectivity index (χ1) is 8.27. The summed E-state index contributed by atoms with van der Waals surface area (Å²) in [5, 5.41) is 8.99. The Kier molecular flexibility index (Phi) is 2.90. The summed E-state index contributed by atoms with van der Waals surface area (Å²) < 4.78 is 20.3. The van der Waals surface area contributed by atoms with Crippen LogP contribution in [0.25, 0.3) is 0 Å². The number of aliphatic hydroxyl groups excluding tert-OH is 1. The normalized spacial score (nSPS) is 30.6. The van der Waals surface area contributed by atoms with Gasteiger partial charge in [-0.3, -0.25) is 14.3 Å². The Morgan fingerprint density at radius 3 is 2.78 bits per heavy atom. The molecule has 2 heterocycles. The summed E-state index contributed by atoms with van der Waals surface area (Å²) in [6, 6.07) is 1.16. The molecule has 1 aromatic heterocycles. The van der Waals surface area contributed by atoms with Gasteiger partial charge in [0.1, 0.15) is 12.8 Å². The number of H-pyrrole nitrogens is 1. The maximum Gasteiger partial charge on any atom is 0.330 e. The fourth-order valence-corrected chi connectivity index (χ4v) is 2.31. The molecular formula is C11H15FN2O4. The minimum absolute atomic E-state index is 0.0350. The Labute approximate surface area is 102 Å². The smallest absolute Gasteiger partial charge is 0.330 e. The molecule has 0 radical (unpaired) electrons. The van der Waals surface area contributed by atoms with Crippen molar-refractivity contribution in [1.82, 2.24) is 9.55 Å². The number of hydrogen-bond donors (Lipinski definition) is 2. The van der Waals surface area contributed by atoms with Crippen LogP contribution in [0.15, 0.2) is 21.9 Å². The summed E-state index contributed by atoms with van der Waals surface area (Å²) in [7, 11) is 0. The lowest BCUT2D eigenvalue weighted by Crippen LogP contribution is -2.36. The molecule has 1 saturated heterocycles. The number of aliphatic hydroxyl groups is 1. The predicted molar refractivity (Wildman–Crippen MR) is 60.8 cm³/mol.